The monoisotopic (exact) mass is 348 g/mol. The number of nitrogens with zero attached hydrogens (tertiary/aromatic N) is 3. The molecule has 8 nitrogen and oxygen atoms in total. The van der Waals surface area contributed by atoms with E-state index in [1.54, 1.807) is 14.2 Å². The second-order valence-corrected chi connectivity index (χ2v) is 5.61. The van der Waals surface area contributed by atoms with Gasteiger partial charge in [-0.1, -0.05) is 17.3 Å². The third-order valence-corrected chi connectivity index (χ3v) is 3.46. The van der Waals surface area contributed by atoms with Crippen LogP contribution in [0.2, 0.25) is 0 Å². The van der Waals surface area contributed by atoms with E-state index in [1.807, 2.05) is 36.2 Å². The molecular weight excluding hydrogens is 324 g/mol. The van der Waals surface area contributed by atoms with Crippen molar-refractivity contribution in [3.8, 4) is 17.1 Å². The molecule has 0 atom stereocenters. The minimum absolute atomic E-state index is 0.0499. The Hall–Kier alpha value is -2.45. The van der Waals surface area contributed by atoms with Crippen molar-refractivity contribution in [2.24, 2.45) is 0 Å². The van der Waals surface area contributed by atoms with Crippen LogP contribution in [0.4, 0.5) is 0 Å². The second kappa shape index (κ2) is 9.75. The molecule has 2 rings (SSSR count). The molecular formula is C17H24N4O4. The Balaban J connectivity index is 1.84. The van der Waals surface area contributed by atoms with Gasteiger partial charge in [0.05, 0.1) is 20.2 Å². The lowest BCUT2D eigenvalue weighted by molar-refractivity contribution is -0.122. The van der Waals surface area contributed by atoms with Gasteiger partial charge in [-0.25, -0.2) is 0 Å². The number of hydrogen-bond donors (Lipinski definition) is 1. The van der Waals surface area contributed by atoms with Crippen LogP contribution >= 0.6 is 0 Å². The summed E-state index contributed by atoms with van der Waals surface area (Å²) in [5.41, 5.74) is 0.813. The van der Waals surface area contributed by atoms with Crippen LogP contribution in [0.1, 0.15) is 12.3 Å². The van der Waals surface area contributed by atoms with E-state index >= 15 is 0 Å². The summed E-state index contributed by atoms with van der Waals surface area (Å²) in [6.45, 7) is 1.87. The van der Waals surface area contributed by atoms with Gasteiger partial charge in [0, 0.05) is 25.8 Å². The molecule has 0 aliphatic heterocycles. The van der Waals surface area contributed by atoms with Gasteiger partial charge in [-0.3, -0.25) is 9.69 Å². The number of carbonyl (C=O) groups excluding carboxylic acids is 1. The molecule has 2 aromatic rings. The molecule has 1 N–H and O–H groups in total. The van der Waals surface area contributed by atoms with Crippen molar-refractivity contribution in [1.29, 1.82) is 0 Å². The average molecular weight is 348 g/mol. The number of carbonyl (C=O) groups is 1. The van der Waals surface area contributed by atoms with Crippen molar-refractivity contribution in [2.75, 3.05) is 41.0 Å². The maximum atomic E-state index is 11.8. The zero-order chi connectivity index (χ0) is 18.1. The first-order valence-electron chi connectivity index (χ1n) is 8.03. The third-order valence-electron chi connectivity index (χ3n) is 3.46. The fourth-order valence-corrected chi connectivity index (χ4v) is 2.23. The molecule has 0 aliphatic carbocycles. The molecule has 0 saturated carbocycles. The summed E-state index contributed by atoms with van der Waals surface area (Å²) in [5.74, 6) is 1.62. The molecule has 0 aliphatic rings. The number of amides is 1. The van der Waals surface area contributed by atoms with Crippen molar-refractivity contribution in [2.45, 2.75) is 13.0 Å². The van der Waals surface area contributed by atoms with E-state index < -0.39 is 0 Å². The maximum absolute atomic E-state index is 11.8. The summed E-state index contributed by atoms with van der Waals surface area (Å²) in [5, 5.41) is 6.82. The van der Waals surface area contributed by atoms with Gasteiger partial charge in [0.1, 0.15) is 5.75 Å². The lowest BCUT2D eigenvalue weighted by atomic mass is 10.2. The number of likely N-dealkylation sites (N-methyl/N-ethyl adjacent to an activating group) is 1. The molecule has 25 heavy (non-hydrogen) atoms. The smallest absolute Gasteiger partial charge is 0.241 e. The Labute approximate surface area is 147 Å². The summed E-state index contributed by atoms with van der Waals surface area (Å²) >= 11 is 0. The summed E-state index contributed by atoms with van der Waals surface area (Å²) in [6.07, 6.45) is 0.791. The van der Waals surface area contributed by atoms with Gasteiger partial charge in [-0.05, 0) is 25.6 Å². The Bertz CT molecular complexity index is 674. The van der Waals surface area contributed by atoms with E-state index in [1.165, 1.54) is 0 Å². The van der Waals surface area contributed by atoms with E-state index in [4.69, 9.17) is 14.0 Å². The lowest BCUT2D eigenvalue weighted by Gasteiger charge is -2.13. The number of nitrogens with one attached hydrogen (secondary N) is 1. The van der Waals surface area contributed by atoms with E-state index in [-0.39, 0.29) is 12.5 Å². The van der Waals surface area contributed by atoms with Gasteiger partial charge >= 0.3 is 0 Å². The predicted octanol–water partition coefficient (Wildman–Crippen LogP) is 1.33. The van der Waals surface area contributed by atoms with Gasteiger partial charge in [0.15, 0.2) is 0 Å². The van der Waals surface area contributed by atoms with Crippen LogP contribution in [0.5, 0.6) is 5.75 Å². The van der Waals surface area contributed by atoms with Crippen LogP contribution in [0.3, 0.4) is 0 Å². The number of methoxy groups -OCH3 is 2. The van der Waals surface area contributed by atoms with Gasteiger partial charge in [0.2, 0.25) is 17.6 Å². The van der Waals surface area contributed by atoms with Crippen molar-refractivity contribution in [3.63, 3.8) is 0 Å². The highest BCUT2D eigenvalue weighted by Crippen LogP contribution is 2.21. The van der Waals surface area contributed by atoms with E-state index in [2.05, 4.69) is 15.5 Å². The quantitative estimate of drug-likeness (QED) is 0.648. The molecule has 1 heterocycles. The predicted molar refractivity (Wildman–Crippen MR) is 92.1 cm³/mol. The van der Waals surface area contributed by atoms with E-state index in [9.17, 15) is 4.79 Å². The molecule has 0 saturated heterocycles. The number of benzene rings is 1. The molecule has 0 spiro atoms. The first kappa shape index (κ1) is 18.9. The Kier molecular flexibility index (Phi) is 7.36. The SMILES string of the molecule is COCCCNC(=O)CN(C)Cc1nc(-c2cccc(OC)c2)no1. The molecule has 1 aromatic heterocycles. The number of aromatic nitrogens is 2. The lowest BCUT2D eigenvalue weighted by Crippen LogP contribution is -2.35. The van der Waals surface area contributed by atoms with Gasteiger partial charge in [-0.2, -0.15) is 4.98 Å². The molecule has 1 aromatic carbocycles. The highest BCUT2D eigenvalue weighted by atomic mass is 16.5. The van der Waals surface area contributed by atoms with Gasteiger partial charge < -0.3 is 19.3 Å². The largest absolute Gasteiger partial charge is 0.497 e. The highest BCUT2D eigenvalue weighted by molar-refractivity contribution is 5.77. The first-order valence-corrected chi connectivity index (χ1v) is 8.03. The van der Waals surface area contributed by atoms with Crippen LogP contribution in [0.15, 0.2) is 28.8 Å². The number of ether oxygens (including phenoxy) is 2. The van der Waals surface area contributed by atoms with Crippen molar-refractivity contribution in [1.82, 2.24) is 20.4 Å². The first-order chi connectivity index (χ1) is 12.1. The van der Waals surface area contributed by atoms with Crippen LogP contribution in [0, 0.1) is 0 Å². The molecule has 136 valence electrons. The fourth-order valence-electron chi connectivity index (χ4n) is 2.23. The zero-order valence-corrected chi connectivity index (χ0v) is 14.8. The Morgan fingerprint density at radius 2 is 2.20 bits per heavy atom. The van der Waals surface area contributed by atoms with Crippen molar-refractivity contribution < 1.29 is 18.8 Å². The topological polar surface area (TPSA) is 89.7 Å². The molecule has 8 heteroatoms. The minimum atomic E-state index is -0.0499. The molecule has 1 amide bonds. The summed E-state index contributed by atoms with van der Waals surface area (Å²) < 4.78 is 15.4. The Morgan fingerprint density at radius 1 is 1.36 bits per heavy atom. The number of rotatable bonds is 10. The van der Waals surface area contributed by atoms with Crippen LogP contribution in [-0.4, -0.2) is 61.9 Å². The molecule has 0 fully saturated rings. The maximum Gasteiger partial charge on any atom is 0.241 e. The zero-order valence-electron chi connectivity index (χ0n) is 14.8. The fraction of sp³-hybridized carbons (Fsp3) is 0.471. The third kappa shape index (κ3) is 6.17. The van der Waals surface area contributed by atoms with E-state index in [0.29, 0.717) is 31.4 Å². The number of hydrogen-bond acceptors (Lipinski definition) is 7. The van der Waals surface area contributed by atoms with Crippen LogP contribution in [-0.2, 0) is 16.1 Å². The minimum Gasteiger partial charge on any atom is -0.497 e. The van der Waals surface area contributed by atoms with Crippen LogP contribution < -0.4 is 10.1 Å². The summed E-state index contributed by atoms with van der Waals surface area (Å²) in [4.78, 5) is 18.0. The second-order valence-electron chi connectivity index (χ2n) is 5.61. The summed E-state index contributed by atoms with van der Waals surface area (Å²) in [6, 6.07) is 7.44. The summed E-state index contributed by atoms with van der Waals surface area (Å²) in [7, 11) is 5.07. The normalized spacial score (nSPS) is 10.9. The van der Waals surface area contributed by atoms with Crippen molar-refractivity contribution >= 4 is 5.91 Å². The van der Waals surface area contributed by atoms with Crippen molar-refractivity contribution in [3.05, 3.63) is 30.2 Å². The van der Waals surface area contributed by atoms with Crippen LogP contribution in [0.25, 0.3) is 11.4 Å². The standard InChI is InChI=1S/C17H24N4O4/c1-21(11-15(22)18-8-5-9-23-2)12-16-19-17(20-25-16)13-6-4-7-14(10-13)24-3/h4,6-7,10H,5,8-9,11-12H2,1-3H3,(H,18,22). The average Bonchev–Trinajstić information content (AvgIpc) is 3.07. The molecule has 0 bridgehead atoms. The van der Waals surface area contributed by atoms with Gasteiger partial charge in [0.25, 0.3) is 0 Å². The molecule has 0 unspecified atom stereocenters. The molecule has 0 radical (unpaired) electrons. The Morgan fingerprint density at radius 3 is 2.96 bits per heavy atom. The van der Waals surface area contributed by atoms with Gasteiger partial charge in [-0.15, -0.1) is 0 Å². The van der Waals surface area contributed by atoms with E-state index in [0.717, 1.165) is 17.7 Å². The highest BCUT2D eigenvalue weighted by Gasteiger charge is 2.13.